The number of aromatic nitrogens is 1. The van der Waals surface area contributed by atoms with Crippen LogP contribution in [0.25, 0.3) is 0 Å². The third-order valence-corrected chi connectivity index (χ3v) is 5.68. The van der Waals surface area contributed by atoms with Crippen LogP contribution in [0.15, 0.2) is 24.5 Å². The number of anilines is 1. The van der Waals surface area contributed by atoms with E-state index < -0.39 is 5.60 Å². The summed E-state index contributed by atoms with van der Waals surface area (Å²) in [5.74, 6) is 0.303. The van der Waals surface area contributed by atoms with Crippen molar-refractivity contribution in [1.82, 2.24) is 14.8 Å². The van der Waals surface area contributed by atoms with Gasteiger partial charge in [0, 0.05) is 50.8 Å². The molecule has 0 aliphatic carbocycles. The first-order valence-electron chi connectivity index (χ1n) is 10.8. The fourth-order valence-corrected chi connectivity index (χ4v) is 4.23. The van der Waals surface area contributed by atoms with Crippen molar-refractivity contribution in [1.29, 1.82) is 0 Å². The van der Waals surface area contributed by atoms with Gasteiger partial charge in [-0.1, -0.05) is 0 Å². The topological polar surface area (TPSA) is 75.2 Å². The van der Waals surface area contributed by atoms with Gasteiger partial charge in [0.25, 0.3) is 0 Å². The number of likely N-dealkylation sites (tertiary alicyclic amines) is 1. The molecule has 0 aromatic carbocycles. The van der Waals surface area contributed by atoms with Crippen LogP contribution in [0.2, 0.25) is 0 Å². The minimum atomic E-state index is -0.497. The normalized spacial score (nSPS) is 20.8. The van der Waals surface area contributed by atoms with Gasteiger partial charge in [-0.2, -0.15) is 0 Å². The van der Waals surface area contributed by atoms with Gasteiger partial charge in [-0.3, -0.25) is 4.98 Å². The third-order valence-electron chi connectivity index (χ3n) is 5.68. The molecule has 3 rings (SSSR count). The number of rotatable bonds is 3. The van der Waals surface area contributed by atoms with Crippen molar-refractivity contribution in [2.45, 2.75) is 52.2 Å². The first-order valence-corrected chi connectivity index (χ1v) is 10.8. The van der Waals surface area contributed by atoms with Gasteiger partial charge in [-0.15, -0.1) is 0 Å². The molecule has 1 aromatic rings. The van der Waals surface area contributed by atoms with Gasteiger partial charge >= 0.3 is 12.2 Å². The van der Waals surface area contributed by atoms with Crippen LogP contribution in [0.3, 0.4) is 0 Å². The molecule has 0 bridgehead atoms. The molecule has 1 atom stereocenters. The summed E-state index contributed by atoms with van der Waals surface area (Å²) in [7, 11) is 0. The number of amides is 2. The molecular weight excluding hydrogens is 384 g/mol. The summed E-state index contributed by atoms with van der Waals surface area (Å²) in [4.78, 5) is 35.1. The summed E-state index contributed by atoms with van der Waals surface area (Å²) in [6.45, 7) is 11.3. The lowest BCUT2D eigenvalue weighted by atomic mass is 9.87. The van der Waals surface area contributed by atoms with Gasteiger partial charge in [-0.05, 0) is 58.6 Å². The van der Waals surface area contributed by atoms with Crippen LogP contribution in [-0.4, -0.2) is 77.9 Å². The van der Waals surface area contributed by atoms with Crippen molar-refractivity contribution in [3.8, 4) is 0 Å². The maximum atomic E-state index is 12.6. The van der Waals surface area contributed by atoms with Gasteiger partial charge in [0.05, 0.1) is 12.6 Å². The lowest BCUT2D eigenvalue weighted by Crippen LogP contribution is -2.59. The first kappa shape index (κ1) is 22.2. The smallest absolute Gasteiger partial charge is 0.410 e. The predicted molar refractivity (Wildman–Crippen MR) is 114 cm³/mol. The maximum Gasteiger partial charge on any atom is 0.410 e. The molecule has 0 radical (unpaired) electrons. The molecule has 0 N–H and O–H groups in total. The van der Waals surface area contributed by atoms with E-state index in [4.69, 9.17) is 9.47 Å². The molecular formula is C22H34N4O4. The molecule has 8 heteroatoms. The number of hydrogen-bond donors (Lipinski definition) is 0. The minimum absolute atomic E-state index is 0.0479. The Labute approximate surface area is 179 Å². The van der Waals surface area contributed by atoms with Crippen molar-refractivity contribution in [2.75, 3.05) is 44.2 Å². The first-order chi connectivity index (χ1) is 14.3. The van der Waals surface area contributed by atoms with Crippen LogP contribution in [0.4, 0.5) is 15.3 Å². The SMILES string of the molecule is CCOC(=O)N1CCN(c2ccncc2)CC1C1CCN(C(=O)OC(C)(C)C)CC1. The zero-order chi connectivity index (χ0) is 21.7. The van der Waals surface area contributed by atoms with E-state index in [9.17, 15) is 9.59 Å². The lowest BCUT2D eigenvalue weighted by Gasteiger charge is -2.46. The molecule has 166 valence electrons. The van der Waals surface area contributed by atoms with E-state index in [2.05, 4.69) is 9.88 Å². The molecule has 3 heterocycles. The van der Waals surface area contributed by atoms with E-state index in [1.165, 1.54) is 0 Å². The second kappa shape index (κ2) is 9.53. The summed E-state index contributed by atoms with van der Waals surface area (Å²) in [6, 6.07) is 4.05. The molecule has 8 nitrogen and oxygen atoms in total. The molecule has 2 aliphatic rings. The van der Waals surface area contributed by atoms with Crippen LogP contribution >= 0.6 is 0 Å². The molecule has 1 unspecified atom stereocenters. The highest BCUT2D eigenvalue weighted by Gasteiger charge is 2.39. The van der Waals surface area contributed by atoms with Crippen LogP contribution in [0.1, 0.15) is 40.5 Å². The van der Waals surface area contributed by atoms with Crippen molar-refractivity contribution in [3.63, 3.8) is 0 Å². The summed E-state index contributed by atoms with van der Waals surface area (Å²) < 4.78 is 10.8. The highest BCUT2D eigenvalue weighted by atomic mass is 16.6. The Bertz CT molecular complexity index is 714. The second-order valence-corrected chi connectivity index (χ2v) is 8.92. The largest absolute Gasteiger partial charge is 0.450 e. The van der Waals surface area contributed by atoms with Gasteiger partial charge in [-0.25, -0.2) is 9.59 Å². The number of pyridine rings is 1. The summed E-state index contributed by atoms with van der Waals surface area (Å²) in [6.07, 6.45) is 4.76. The summed E-state index contributed by atoms with van der Waals surface area (Å²) in [5.41, 5.74) is 0.618. The molecule has 2 amide bonds. The van der Waals surface area contributed by atoms with E-state index in [1.807, 2.05) is 44.7 Å². The Morgan fingerprint density at radius 3 is 2.33 bits per heavy atom. The average Bonchev–Trinajstić information content (AvgIpc) is 2.73. The number of ether oxygens (including phenoxy) is 2. The fourth-order valence-electron chi connectivity index (χ4n) is 4.23. The molecule has 0 saturated carbocycles. The average molecular weight is 419 g/mol. The highest BCUT2D eigenvalue weighted by Crippen LogP contribution is 2.30. The zero-order valence-electron chi connectivity index (χ0n) is 18.5. The fraction of sp³-hybridized carbons (Fsp3) is 0.682. The van der Waals surface area contributed by atoms with E-state index in [0.717, 1.165) is 31.6 Å². The highest BCUT2D eigenvalue weighted by molar-refractivity contribution is 5.69. The predicted octanol–water partition coefficient (Wildman–Crippen LogP) is 3.38. The van der Waals surface area contributed by atoms with Crippen molar-refractivity contribution >= 4 is 17.9 Å². The Morgan fingerprint density at radius 1 is 1.07 bits per heavy atom. The van der Waals surface area contributed by atoms with E-state index in [0.29, 0.717) is 32.2 Å². The van der Waals surface area contributed by atoms with Crippen LogP contribution in [0, 0.1) is 5.92 Å². The molecule has 30 heavy (non-hydrogen) atoms. The molecule has 1 aromatic heterocycles. The van der Waals surface area contributed by atoms with E-state index >= 15 is 0 Å². The van der Waals surface area contributed by atoms with Gasteiger partial charge in [0.1, 0.15) is 5.60 Å². The number of piperidine rings is 1. The van der Waals surface area contributed by atoms with Crippen molar-refractivity contribution < 1.29 is 19.1 Å². The molecule has 2 aliphatic heterocycles. The molecule has 2 saturated heterocycles. The monoisotopic (exact) mass is 418 g/mol. The third kappa shape index (κ3) is 5.55. The molecule has 2 fully saturated rings. The maximum absolute atomic E-state index is 12.6. The van der Waals surface area contributed by atoms with Crippen molar-refractivity contribution in [3.05, 3.63) is 24.5 Å². The second-order valence-electron chi connectivity index (χ2n) is 8.92. The summed E-state index contributed by atoms with van der Waals surface area (Å²) >= 11 is 0. The standard InChI is InChI=1S/C22H34N4O4/c1-5-29-21(28)26-15-14-25(18-6-10-23-11-7-18)16-19(26)17-8-12-24(13-9-17)20(27)30-22(2,3)4/h6-7,10-11,17,19H,5,8-9,12-16H2,1-4H3. The van der Waals surface area contributed by atoms with Crippen molar-refractivity contribution in [2.24, 2.45) is 5.92 Å². The number of piperazine rings is 1. The van der Waals surface area contributed by atoms with E-state index in [-0.39, 0.29) is 18.2 Å². The van der Waals surface area contributed by atoms with Crippen LogP contribution in [0.5, 0.6) is 0 Å². The Kier molecular flexibility index (Phi) is 7.05. The lowest BCUT2D eigenvalue weighted by molar-refractivity contribution is 0.0109. The number of hydrogen-bond acceptors (Lipinski definition) is 6. The Balaban J connectivity index is 1.68. The number of carbonyl (C=O) groups is 2. The number of carbonyl (C=O) groups excluding carboxylic acids is 2. The molecule has 0 spiro atoms. The van der Waals surface area contributed by atoms with Crippen LogP contribution in [-0.2, 0) is 9.47 Å². The Hall–Kier alpha value is -2.51. The quantitative estimate of drug-likeness (QED) is 0.749. The summed E-state index contributed by atoms with van der Waals surface area (Å²) in [5, 5.41) is 0. The van der Waals surface area contributed by atoms with Crippen LogP contribution < -0.4 is 4.90 Å². The zero-order valence-corrected chi connectivity index (χ0v) is 18.5. The van der Waals surface area contributed by atoms with E-state index in [1.54, 1.807) is 17.3 Å². The minimum Gasteiger partial charge on any atom is -0.450 e. The Morgan fingerprint density at radius 2 is 1.73 bits per heavy atom. The van der Waals surface area contributed by atoms with Gasteiger partial charge in [0.15, 0.2) is 0 Å². The van der Waals surface area contributed by atoms with Gasteiger partial charge < -0.3 is 24.2 Å². The van der Waals surface area contributed by atoms with Gasteiger partial charge in [0.2, 0.25) is 0 Å². The number of nitrogens with zero attached hydrogens (tertiary/aromatic N) is 4.